The minimum Gasteiger partial charge on any atom is -0.0735 e. The Balaban J connectivity index is 0.00000196. The molecule has 0 aromatic heterocycles. The molecule has 2 aliphatic carbocycles. The first-order valence-electron chi connectivity index (χ1n) is 9.65. The van der Waals surface area contributed by atoms with E-state index in [4.69, 9.17) is 0 Å². The van der Waals surface area contributed by atoms with Crippen LogP contribution in [-0.4, -0.2) is 0 Å². The van der Waals surface area contributed by atoms with Gasteiger partial charge in [-0.1, -0.05) is 66.8 Å². The monoisotopic (exact) mass is 417 g/mol. The molecule has 0 heterocycles. The van der Waals surface area contributed by atoms with Crippen LogP contribution >= 0.6 is 0 Å². The summed E-state index contributed by atoms with van der Waals surface area (Å²) in [6.45, 7) is 6.56. The average Bonchev–Trinajstić information content (AvgIpc) is 2.96. The first-order chi connectivity index (χ1) is 12.1. The van der Waals surface area contributed by atoms with Crippen LogP contribution in [0.4, 0.5) is 0 Å². The van der Waals surface area contributed by atoms with Crippen molar-refractivity contribution in [1.82, 2.24) is 0 Å². The number of hydrogen-bond donors (Lipinski definition) is 0. The molecule has 1 radical (unpaired) electrons. The Morgan fingerprint density at radius 2 is 1.50 bits per heavy atom. The van der Waals surface area contributed by atoms with Crippen LogP contribution in [0.5, 0.6) is 0 Å². The van der Waals surface area contributed by atoms with Gasteiger partial charge in [-0.3, -0.25) is 0 Å². The second-order valence-corrected chi connectivity index (χ2v) is 7.94. The summed E-state index contributed by atoms with van der Waals surface area (Å²) in [7, 11) is 0. The van der Waals surface area contributed by atoms with Crippen LogP contribution in [0, 0.1) is 26.7 Å². The van der Waals surface area contributed by atoms with Gasteiger partial charge in [0, 0.05) is 26.2 Å². The third-order valence-corrected chi connectivity index (χ3v) is 5.50. The maximum atomic E-state index is 3.67. The smallest absolute Gasteiger partial charge is 0 e. The van der Waals surface area contributed by atoms with Crippen LogP contribution in [0.1, 0.15) is 48.8 Å². The summed E-state index contributed by atoms with van der Waals surface area (Å²) in [6.07, 6.45) is 15.4. The van der Waals surface area contributed by atoms with Crippen molar-refractivity contribution in [2.75, 3.05) is 0 Å². The number of fused-ring (bicyclic) bond motifs is 1. The zero-order chi connectivity index (χ0) is 17.4. The first kappa shape index (κ1) is 19.6. The molecular weight excluding hydrogens is 391 g/mol. The normalized spacial score (nSPS) is 18.0. The fraction of sp³-hybridized carbons (Fsp3) is 0.360. The van der Waals surface area contributed by atoms with Crippen molar-refractivity contribution in [2.45, 2.75) is 52.9 Å². The Morgan fingerprint density at radius 1 is 0.846 bits per heavy atom. The quantitative estimate of drug-likeness (QED) is 0.626. The molecule has 0 amide bonds. The molecule has 2 aromatic rings. The predicted octanol–water partition coefficient (Wildman–Crippen LogP) is 5.23. The minimum atomic E-state index is 0. The van der Waals surface area contributed by atoms with Gasteiger partial charge in [-0.2, -0.15) is 0 Å². The maximum absolute atomic E-state index is 3.67. The maximum Gasteiger partial charge on any atom is 0 e. The summed E-state index contributed by atoms with van der Waals surface area (Å²) < 4.78 is 0. The molecule has 1 fully saturated rings. The molecule has 0 saturated heterocycles. The zero-order valence-corrected chi connectivity index (χ0v) is 18.6. The van der Waals surface area contributed by atoms with E-state index < -0.39 is 0 Å². The molecule has 2 aromatic carbocycles. The van der Waals surface area contributed by atoms with Crippen molar-refractivity contribution < 1.29 is 26.2 Å². The molecule has 0 aliphatic heterocycles. The molecule has 26 heavy (non-hydrogen) atoms. The van der Waals surface area contributed by atoms with Gasteiger partial charge < -0.3 is 0 Å². The second-order valence-electron chi connectivity index (χ2n) is 7.94. The summed E-state index contributed by atoms with van der Waals surface area (Å²) in [5.41, 5.74) is 7.94. The largest absolute Gasteiger partial charge is 0.0735 e. The Bertz CT molecular complexity index is 936. The van der Waals surface area contributed by atoms with Crippen molar-refractivity contribution in [3.8, 4) is 11.1 Å². The zero-order valence-electron chi connectivity index (χ0n) is 16.2. The van der Waals surface area contributed by atoms with Crippen molar-refractivity contribution in [1.29, 1.82) is 0 Å². The Hall–Kier alpha value is -1.20. The van der Waals surface area contributed by atoms with Crippen molar-refractivity contribution in [3.05, 3.63) is 69.1 Å². The fourth-order valence-electron chi connectivity index (χ4n) is 4.42. The summed E-state index contributed by atoms with van der Waals surface area (Å²) in [6, 6.07) is 11.5. The number of aryl methyl sites for hydroxylation is 3. The summed E-state index contributed by atoms with van der Waals surface area (Å²) in [5.74, 6) is 0.743. The van der Waals surface area contributed by atoms with E-state index in [1.165, 1.54) is 75.9 Å². The molecule has 1 heteroatoms. The predicted molar refractivity (Wildman–Crippen MR) is 108 cm³/mol. The van der Waals surface area contributed by atoms with Crippen molar-refractivity contribution >= 4 is 12.2 Å². The van der Waals surface area contributed by atoms with E-state index in [1.807, 2.05) is 0 Å². The van der Waals surface area contributed by atoms with Crippen LogP contribution in [0.2, 0.25) is 0 Å². The number of allylic oxidation sites excluding steroid dienone is 2. The van der Waals surface area contributed by atoms with Gasteiger partial charge in [0.2, 0.25) is 0 Å². The van der Waals surface area contributed by atoms with E-state index >= 15 is 0 Å². The molecule has 0 spiro atoms. The Morgan fingerprint density at radius 3 is 2.19 bits per heavy atom. The molecule has 0 nitrogen and oxygen atoms in total. The van der Waals surface area contributed by atoms with E-state index in [-0.39, 0.29) is 26.2 Å². The molecule has 0 bridgehead atoms. The van der Waals surface area contributed by atoms with Crippen LogP contribution in [0.15, 0.2) is 42.0 Å². The molecule has 2 aliphatic rings. The molecule has 1 saturated carbocycles. The molecule has 0 atom stereocenters. The van der Waals surface area contributed by atoms with Gasteiger partial charge in [-0.25, -0.2) is 0 Å². The summed E-state index contributed by atoms with van der Waals surface area (Å²) >= 11 is 0. The minimum absolute atomic E-state index is 0. The standard InChI is InChI=1S/C25H27.Zr/c1-17-9-18(2)11-22(10-17)24-13-19(3)12-23-15-21(16-25(23)24)14-20-7-5-4-6-8-20;/h9-14,16,20H,4-8H2,1-3H3;. The van der Waals surface area contributed by atoms with Gasteiger partial charge in [0.1, 0.15) is 0 Å². The van der Waals surface area contributed by atoms with Crippen molar-refractivity contribution in [2.24, 2.45) is 5.92 Å². The van der Waals surface area contributed by atoms with E-state index in [0.29, 0.717) is 0 Å². The van der Waals surface area contributed by atoms with E-state index in [1.54, 1.807) is 0 Å². The van der Waals surface area contributed by atoms with Crippen LogP contribution in [0.25, 0.3) is 23.3 Å². The second kappa shape index (κ2) is 8.22. The number of hydrogen-bond acceptors (Lipinski definition) is 0. The number of rotatable bonds is 2. The average molecular weight is 419 g/mol. The Kier molecular flexibility index (Phi) is 6.18. The third-order valence-electron chi connectivity index (χ3n) is 5.50. The third kappa shape index (κ3) is 4.20. The van der Waals surface area contributed by atoms with Crippen LogP contribution in [0.3, 0.4) is 0 Å². The van der Waals surface area contributed by atoms with Crippen LogP contribution in [-0.2, 0) is 26.2 Å². The fourth-order valence-corrected chi connectivity index (χ4v) is 4.42. The van der Waals surface area contributed by atoms with E-state index in [9.17, 15) is 0 Å². The number of benzene rings is 2. The topological polar surface area (TPSA) is 0 Å². The first-order valence-corrected chi connectivity index (χ1v) is 9.65. The van der Waals surface area contributed by atoms with Gasteiger partial charge in [-0.15, -0.1) is 0 Å². The van der Waals surface area contributed by atoms with Gasteiger partial charge >= 0.3 is 0 Å². The SMILES string of the molecule is Cc1cc(C)cc(-c2cc(C)cc3c2=CC(=CC2CCCCC2)[C]=3)c1.[Zr]. The molecular formula is C25H27Zr. The molecule has 131 valence electrons. The van der Waals surface area contributed by atoms with E-state index in [2.05, 4.69) is 69.3 Å². The van der Waals surface area contributed by atoms with Gasteiger partial charge in [0.05, 0.1) is 0 Å². The van der Waals surface area contributed by atoms with Crippen molar-refractivity contribution in [3.63, 3.8) is 0 Å². The summed E-state index contributed by atoms with van der Waals surface area (Å²) in [4.78, 5) is 0. The summed E-state index contributed by atoms with van der Waals surface area (Å²) in [5, 5.41) is 2.61. The molecule has 0 N–H and O–H groups in total. The molecule has 4 rings (SSSR count). The Labute approximate surface area is 176 Å². The van der Waals surface area contributed by atoms with Crippen LogP contribution < -0.4 is 10.4 Å². The van der Waals surface area contributed by atoms with Gasteiger partial charge in [0.25, 0.3) is 0 Å². The molecule has 0 unspecified atom stereocenters. The van der Waals surface area contributed by atoms with Gasteiger partial charge in [-0.05, 0) is 84.4 Å². The van der Waals surface area contributed by atoms with Gasteiger partial charge in [0.15, 0.2) is 0 Å². The van der Waals surface area contributed by atoms with E-state index in [0.717, 1.165) is 5.92 Å².